The van der Waals surface area contributed by atoms with Crippen molar-refractivity contribution in [2.24, 2.45) is 0 Å². The molecule has 2 aromatic rings. The lowest BCUT2D eigenvalue weighted by atomic mass is 10.2. The van der Waals surface area contributed by atoms with Gasteiger partial charge in [0.2, 0.25) is 0 Å². The number of anilines is 1. The highest BCUT2D eigenvalue weighted by Crippen LogP contribution is 2.28. The molecule has 0 bridgehead atoms. The highest BCUT2D eigenvalue weighted by molar-refractivity contribution is 7.22. The monoisotopic (exact) mass is 306 g/mol. The Bertz CT molecular complexity index is 655. The molecule has 1 fully saturated rings. The fourth-order valence-electron chi connectivity index (χ4n) is 2.71. The third-order valence-corrected chi connectivity index (χ3v) is 4.49. The zero-order valence-electron chi connectivity index (χ0n) is 11.9. The van der Waals surface area contributed by atoms with Crippen molar-refractivity contribution in [2.45, 2.75) is 45.0 Å². The van der Waals surface area contributed by atoms with Gasteiger partial charge in [-0.05, 0) is 37.0 Å². The molecule has 2 unspecified atom stereocenters. The lowest BCUT2D eigenvalue weighted by molar-refractivity contribution is -0.153. The van der Waals surface area contributed by atoms with Crippen molar-refractivity contribution in [1.82, 2.24) is 4.98 Å². The molecule has 1 saturated carbocycles. The number of ether oxygens (including phenoxy) is 2. The van der Waals surface area contributed by atoms with E-state index in [0.29, 0.717) is 11.7 Å². The molecule has 0 saturated heterocycles. The van der Waals surface area contributed by atoms with Gasteiger partial charge >= 0.3 is 5.97 Å². The van der Waals surface area contributed by atoms with Crippen LogP contribution in [0.15, 0.2) is 18.2 Å². The van der Waals surface area contributed by atoms with E-state index in [-0.39, 0.29) is 18.2 Å². The SMILES string of the molecule is CC(=O)OC1CCCC1OCc1ccc2nc(N)sc2c1. The Hall–Kier alpha value is -1.66. The van der Waals surface area contributed by atoms with Crippen LogP contribution in [-0.2, 0) is 20.9 Å². The first-order valence-electron chi connectivity index (χ1n) is 7.05. The van der Waals surface area contributed by atoms with Gasteiger partial charge in [0.15, 0.2) is 5.13 Å². The fourth-order valence-corrected chi connectivity index (χ4v) is 3.51. The van der Waals surface area contributed by atoms with Crippen molar-refractivity contribution in [1.29, 1.82) is 0 Å². The molecular formula is C15H18N2O3S. The molecule has 1 aliphatic carbocycles. The first kappa shape index (κ1) is 14.3. The average Bonchev–Trinajstić information content (AvgIpc) is 3.00. The van der Waals surface area contributed by atoms with E-state index in [9.17, 15) is 4.79 Å². The third-order valence-electron chi connectivity index (χ3n) is 3.64. The Kier molecular flexibility index (Phi) is 4.07. The first-order valence-corrected chi connectivity index (χ1v) is 7.87. The van der Waals surface area contributed by atoms with E-state index in [1.165, 1.54) is 18.3 Å². The van der Waals surface area contributed by atoms with E-state index in [2.05, 4.69) is 11.1 Å². The number of thiazole rings is 1. The normalized spacial score (nSPS) is 21.8. The number of nitrogens with two attached hydrogens (primary N) is 1. The molecule has 2 N–H and O–H groups in total. The Morgan fingerprint density at radius 2 is 2.24 bits per heavy atom. The van der Waals surface area contributed by atoms with E-state index < -0.39 is 0 Å². The third kappa shape index (κ3) is 3.33. The minimum absolute atomic E-state index is 0.00359. The van der Waals surface area contributed by atoms with E-state index >= 15 is 0 Å². The number of fused-ring (bicyclic) bond motifs is 1. The summed E-state index contributed by atoms with van der Waals surface area (Å²) in [6.45, 7) is 1.95. The van der Waals surface area contributed by atoms with Crippen molar-refractivity contribution in [3.8, 4) is 0 Å². The van der Waals surface area contributed by atoms with Gasteiger partial charge in [-0.15, -0.1) is 0 Å². The summed E-state index contributed by atoms with van der Waals surface area (Å²) >= 11 is 1.48. The van der Waals surface area contributed by atoms with Gasteiger partial charge in [0.25, 0.3) is 0 Å². The van der Waals surface area contributed by atoms with Crippen molar-refractivity contribution in [3.05, 3.63) is 23.8 Å². The molecule has 1 heterocycles. The summed E-state index contributed by atoms with van der Waals surface area (Å²) in [4.78, 5) is 15.3. The van der Waals surface area contributed by atoms with E-state index in [4.69, 9.17) is 15.2 Å². The molecule has 1 aromatic heterocycles. The second kappa shape index (κ2) is 5.99. The molecule has 112 valence electrons. The van der Waals surface area contributed by atoms with E-state index in [1.807, 2.05) is 12.1 Å². The van der Waals surface area contributed by atoms with Crippen LogP contribution in [0.2, 0.25) is 0 Å². The largest absolute Gasteiger partial charge is 0.460 e. The van der Waals surface area contributed by atoms with Crippen LogP contribution in [0, 0.1) is 0 Å². The Balaban J connectivity index is 1.64. The predicted octanol–water partition coefficient (Wildman–Crippen LogP) is 2.88. The van der Waals surface area contributed by atoms with Crippen molar-refractivity contribution < 1.29 is 14.3 Å². The van der Waals surface area contributed by atoms with Gasteiger partial charge in [-0.25, -0.2) is 4.98 Å². The average molecular weight is 306 g/mol. The lowest BCUT2D eigenvalue weighted by Gasteiger charge is -2.20. The van der Waals surface area contributed by atoms with Crippen LogP contribution in [0.1, 0.15) is 31.7 Å². The number of rotatable bonds is 4. The highest BCUT2D eigenvalue weighted by atomic mass is 32.1. The number of aromatic nitrogens is 1. The standard InChI is InChI=1S/C15H18N2O3S/c1-9(18)20-13-4-2-3-12(13)19-8-10-5-6-11-14(7-10)21-15(16)17-11/h5-7,12-13H,2-4,8H2,1H3,(H2,16,17). The number of nitrogens with zero attached hydrogens (tertiary/aromatic N) is 1. The summed E-state index contributed by atoms with van der Waals surface area (Å²) < 4.78 is 12.3. The van der Waals surface area contributed by atoms with Crippen molar-refractivity contribution in [3.63, 3.8) is 0 Å². The molecule has 1 aliphatic rings. The van der Waals surface area contributed by atoms with Gasteiger partial charge in [0, 0.05) is 6.92 Å². The molecule has 0 spiro atoms. The van der Waals surface area contributed by atoms with Crippen LogP contribution in [0.25, 0.3) is 10.2 Å². The second-order valence-corrected chi connectivity index (χ2v) is 6.34. The maximum Gasteiger partial charge on any atom is 0.302 e. The number of hydrogen-bond acceptors (Lipinski definition) is 6. The summed E-state index contributed by atoms with van der Waals surface area (Å²) in [6.07, 6.45) is 2.75. The van der Waals surface area contributed by atoms with Crippen LogP contribution < -0.4 is 5.73 Å². The van der Waals surface area contributed by atoms with Crippen LogP contribution >= 0.6 is 11.3 Å². The molecule has 0 radical (unpaired) electrons. The topological polar surface area (TPSA) is 74.4 Å². The smallest absolute Gasteiger partial charge is 0.302 e. The number of carbonyl (C=O) groups is 1. The number of carbonyl (C=O) groups excluding carboxylic acids is 1. The van der Waals surface area contributed by atoms with Crippen molar-refractivity contribution >= 4 is 32.7 Å². The number of benzene rings is 1. The molecule has 5 nitrogen and oxygen atoms in total. The maximum atomic E-state index is 11.1. The number of hydrogen-bond donors (Lipinski definition) is 1. The Labute approximate surface area is 127 Å². The molecule has 1 aromatic carbocycles. The molecule has 2 atom stereocenters. The molecular weight excluding hydrogens is 288 g/mol. The fraction of sp³-hybridized carbons (Fsp3) is 0.467. The predicted molar refractivity (Wildman–Crippen MR) is 82.0 cm³/mol. The zero-order valence-corrected chi connectivity index (χ0v) is 12.7. The van der Waals surface area contributed by atoms with Gasteiger partial charge in [0.1, 0.15) is 6.10 Å². The first-order chi connectivity index (χ1) is 10.1. The van der Waals surface area contributed by atoms with Gasteiger partial charge in [-0.1, -0.05) is 17.4 Å². The van der Waals surface area contributed by atoms with Gasteiger partial charge < -0.3 is 15.2 Å². The quantitative estimate of drug-likeness (QED) is 0.879. The maximum absolute atomic E-state index is 11.1. The summed E-state index contributed by atoms with van der Waals surface area (Å²) in [5.74, 6) is -0.239. The van der Waals surface area contributed by atoms with Crippen LogP contribution in [-0.4, -0.2) is 23.2 Å². The van der Waals surface area contributed by atoms with Gasteiger partial charge in [-0.3, -0.25) is 4.79 Å². The number of esters is 1. The summed E-state index contributed by atoms with van der Waals surface area (Å²) in [7, 11) is 0. The van der Waals surface area contributed by atoms with Gasteiger partial charge in [0.05, 0.1) is 22.9 Å². The molecule has 0 amide bonds. The summed E-state index contributed by atoms with van der Waals surface area (Å²) in [5, 5.41) is 0.578. The van der Waals surface area contributed by atoms with E-state index in [1.54, 1.807) is 0 Å². The molecule has 3 rings (SSSR count). The molecule has 6 heteroatoms. The van der Waals surface area contributed by atoms with Crippen LogP contribution in [0.5, 0.6) is 0 Å². The summed E-state index contributed by atoms with van der Waals surface area (Å²) in [5.41, 5.74) is 7.71. The highest BCUT2D eigenvalue weighted by Gasteiger charge is 2.30. The minimum atomic E-state index is -0.239. The van der Waals surface area contributed by atoms with Crippen molar-refractivity contribution in [2.75, 3.05) is 5.73 Å². The van der Waals surface area contributed by atoms with Crippen LogP contribution in [0.4, 0.5) is 5.13 Å². The summed E-state index contributed by atoms with van der Waals surface area (Å²) in [6, 6.07) is 6.01. The lowest BCUT2D eigenvalue weighted by Crippen LogP contribution is -2.27. The number of nitrogen functional groups attached to an aromatic ring is 1. The Morgan fingerprint density at radius 3 is 3.05 bits per heavy atom. The molecule has 0 aliphatic heterocycles. The Morgan fingerprint density at radius 1 is 1.43 bits per heavy atom. The molecule has 21 heavy (non-hydrogen) atoms. The van der Waals surface area contributed by atoms with Crippen LogP contribution in [0.3, 0.4) is 0 Å². The van der Waals surface area contributed by atoms with Gasteiger partial charge in [-0.2, -0.15) is 0 Å². The zero-order chi connectivity index (χ0) is 14.8. The second-order valence-electron chi connectivity index (χ2n) is 5.28. The minimum Gasteiger partial charge on any atom is -0.460 e. The van der Waals surface area contributed by atoms with E-state index in [0.717, 1.165) is 35.0 Å².